The summed E-state index contributed by atoms with van der Waals surface area (Å²) in [5.74, 6) is 1.24. The first-order valence-electron chi connectivity index (χ1n) is 21.1. The van der Waals surface area contributed by atoms with Crippen molar-refractivity contribution in [3.8, 4) is 5.75 Å². The zero-order chi connectivity index (χ0) is 39.1. The van der Waals surface area contributed by atoms with E-state index >= 15 is 0 Å². The number of aliphatic carboxylic acids is 1. The van der Waals surface area contributed by atoms with Crippen LogP contribution in [0.2, 0.25) is 5.02 Å². The van der Waals surface area contributed by atoms with E-state index in [9.17, 15) is 15.0 Å². The van der Waals surface area contributed by atoms with Crippen molar-refractivity contribution in [3.63, 3.8) is 0 Å². The molecule has 4 aromatic rings. The van der Waals surface area contributed by atoms with E-state index in [1.807, 2.05) is 24.4 Å². The molecule has 3 aliphatic carbocycles. The van der Waals surface area contributed by atoms with E-state index < -0.39 is 17.6 Å². The molecule has 7 nitrogen and oxygen atoms in total. The first-order valence-corrected chi connectivity index (χ1v) is 21.5. The van der Waals surface area contributed by atoms with Crippen LogP contribution in [0.3, 0.4) is 0 Å². The fourth-order valence-corrected chi connectivity index (χ4v) is 10.3. The molecule has 7 rings (SSSR count). The lowest BCUT2D eigenvalue weighted by atomic mass is 9.59. The van der Waals surface area contributed by atoms with Crippen LogP contribution in [0, 0.1) is 11.8 Å². The minimum atomic E-state index is -1.09. The van der Waals surface area contributed by atoms with Gasteiger partial charge in [-0.1, -0.05) is 86.5 Å². The zero-order valence-electron chi connectivity index (χ0n) is 33.2. The van der Waals surface area contributed by atoms with Crippen LogP contribution in [-0.4, -0.2) is 46.4 Å². The second-order valence-corrected chi connectivity index (χ2v) is 17.6. The summed E-state index contributed by atoms with van der Waals surface area (Å²) in [6, 6.07) is 26.6. The van der Waals surface area contributed by atoms with Gasteiger partial charge in [-0.15, -0.1) is 0 Å². The average molecular weight is 778 g/mol. The van der Waals surface area contributed by atoms with Gasteiger partial charge in [-0.25, -0.2) is 4.79 Å². The number of benzene rings is 3. The van der Waals surface area contributed by atoms with Gasteiger partial charge in [0, 0.05) is 34.7 Å². The number of hydrogen-bond acceptors (Lipinski definition) is 6. The maximum atomic E-state index is 13.1. The van der Waals surface area contributed by atoms with Crippen molar-refractivity contribution in [3.05, 3.63) is 124 Å². The Bertz CT molecular complexity index is 1930. The Labute approximate surface area is 338 Å². The van der Waals surface area contributed by atoms with Gasteiger partial charge in [-0.2, -0.15) is 0 Å². The predicted octanol–water partition coefficient (Wildman–Crippen LogP) is 10.2. The van der Waals surface area contributed by atoms with Crippen molar-refractivity contribution in [2.45, 2.75) is 120 Å². The van der Waals surface area contributed by atoms with Crippen molar-refractivity contribution < 1.29 is 19.7 Å². The smallest absolute Gasteiger partial charge is 0.329 e. The molecule has 0 bridgehead atoms. The Morgan fingerprint density at radius 2 is 1.82 bits per heavy atom. The number of aliphatic hydroxyl groups excluding tert-OH is 1. The molecule has 8 heteroatoms. The van der Waals surface area contributed by atoms with Gasteiger partial charge in [0.05, 0.1) is 12.7 Å². The van der Waals surface area contributed by atoms with Crippen LogP contribution in [0.4, 0.5) is 5.69 Å². The summed E-state index contributed by atoms with van der Waals surface area (Å²) in [7, 11) is 0. The second-order valence-electron chi connectivity index (χ2n) is 17.1. The highest BCUT2D eigenvalue weighted by molar-refractivity contribution is 6.30. The summed E-state index contributed by atoms with van der Waals surface area (Å²) in [6.07, 6.45) is 13.5. The summed E-state index contributed by atoms with van der Waals surface area (Å²) in [5, 5.41) is 29.6. The third-order valence-electron chi connectivity index (χ3n) is 13.2. The number of carbonyl (C=O) groups is 1. The fraction of sp³-hybridized carbons (Fsp3) is 0.500. The maximum Gasteiger partial charge on any atom is 0.329 e. The summed E-state index contributed by atoms with van der Waals surface area (Å²) in [4.78, 5) is 17.7. The maximum absolute atomic E-state index is 13.1. The molecular weight excluding hydrogens is 718 g/mol. The molecule has 1 fully saturated rings. The van der Waals surface area contributed by atoms with Crippen LogP contribution < -0.4 is 15.4 Å². The number of carboxylic acids is 1. The van der Waals surface area contributed by atoms with Crippen LogP contribution >= 0.6 is 11.6 Å². The Kier molecular flexibility index (Phi) is 13.0. The van der Waals surface area contributed by atoms with Crippen molar-refractivity contribution >= 4 is 23.3 Å². The van der Waals surface area contributed by atoms with Crippen molar-refractivity contribution in [2.75, 3.05) is 25.0 Å². The van der Waals surface area contributed by atoms with E-state index in [1.54, 1.807) is 12.1 Å². The molecule has 4 N–H and O–H groups in total. The van der Waals surface area contributed by atoms with Gasteiger partial charge in [0.15, 0.2) is 0 Å². The zero-order valence-corrected chi connectivity index (χ0v) is 34.0. The molecule has 1 heterocycles. The summed E-state index contributed by atoms with van der Waals surface area (Å²) < 4.78 is 6.60. The Balaban J connectivity index is 1.04. The molecule has 2 unspecified atom stereocenters. The molecule has 4 atom stereocenters. The number of unbranched alkanes of at least 4 members (excludes halogenated alkanes) is 2. The highest BCUT2D eigenvalue weighted by atomic mass is 35.5. The number of aromatic nitrogens is 1. The Morgan fingerprint density at radius 1 is 1.00 bits per heavy atom. The molecule has 1 saturated carbocycles. The monoisotopic (exact) mass is 777 g/mol. The lowest BCUT2D eigenvalue weighted by molar-refractivity contribution is -0.144. The average Bonchev–Trinajstić information content (AvgIpc) is 3.48. The van der Waals surface area contributed by atoms with Gasteiger partial charge in [-0.05, 0) is 153 Å². The third-order valence-corrected chi connectivity index (χ3v) is 13.4. The molecule has 3 aliphatic rings. The summed E-state index contributed by atoms with van der Waals surface area (Å²) in [5.41, 5.74) is 6.86. The van der Waals surface area contributed by atoms with Crippen molar-refractivity contribution in [2.24, 2.45) is 11.8 Å². The largest absolute Gasteiger partial charge is 0.493 e. The normalized spacial score (nSPS) is 23.9. The molecule has 298 valence electrons. The van der Waals surface area contributed by atoms with Gasteiger partial charge < -0.3 is 25.6 Å². The van der Waals surface area contributed by atoms with E-state index in [2.05, 4.69) is 78.0 Å². The topological polar surface area (TPSA) is 104 Å². The van der Waals surface area contributed by atoms with Gasteiger partial charge >= 0.3 is 5.97 Å². The standard InChI is InChI=1S/C48H60ClN3O4/c1-33(32-56-44-20-26-51-42-17-9-11-34(2)45(42)44)27-38-28-36-18-19-37(43(53)31-50-25-8-4-7-14-35-12-5-3-6-13-35)29-41(36)47(38)21-23-48(24-22-47,46(54)55)52-40-16-10-15-39(49)30-40/h3,5-6,10,12-13,15-16,18-20,26,29-30,33-34,38,43,50,52-53H,4,7-9,11,14,17,21-25,27-28,31-32H2,1-2H3,(H,54,55)/t33-,34-,38?,43?,47?,48?/m1/s1. The molecule has 0 saturated heterocycles. The number of rotatable bonds is 17. The van der Waals surface area contributed by atoms with E-state index in [0.29, 0.717) is 48.8 Å². The molecule has 0 aliphatic heterocycles. The number of aryl methyl sites for hydroxylation is 2. The number of fused-ring (bicyclic) bond motifs is 3. The third kappa shape index (κ3) is 9.11. The van der Waals surface area contributed by atoms with E-state index in [4.69, 9.17) is 16.3 Å². The number of pyridine rings is 1. The SMILES string of the molecule is C[C@@H](COc1ccnc2c1[C@H](C)CCC2)CC1Cc2ccc(C(O)CNCCCCCc3ccccc3)cc2C12CCC(Nc1cccc(Cl)c1)(C(=O)O)CC2. The lowest BCUT2D eigenvalue weighted by Crippen LogP contribution is -2.53. The number of anilines is 1. The molecule has 1 spiro atoms. The number of carboxylic acid groups (broad SMARTS) is 1. The Hall–Kier alpha value is -3.91. The van der Waals surface area contributed by atoms with E-state index in [0.717, 1.165) is 81.3 Å². The lowest BCUT2D eigenvalue weighted by Gasteiger charge is -2.47. The van der Waals surface area contributed by atoms with Gasteiger partial charge in [0.1, 0.15) is 11.3 Å². The quantitative estimate of drug-likeness (QED) is 0.0792. The fourth-order valence-electron chi connectivity index (χ4n) is 10.1. The molecule has 0 radical (unpaired) electrons. The van der Waals surface area contributed by atoms with Crippen LogP contribution in [0.1, 0.15) is 124 Å². The predicted molar refractivity (Wildman–Crippen MR) is 226 cm³/mol. The van der Waals surface area contributed by atoms with Crippen LogP contribution in [0.25, 0.3) is 0 Å². The highest BCUT2D eigenvalue weighted by Crippen LogP contribution is 2.56. The number of halogens is 1. The molecular formula is C48H60ClN3O4. The number of ether oxygens (including phenoxy) is 1. The first kappa shape index (κ1) is 40.3. The Morgan fingerprint density at radius 3 is 2.61 bits per heavy atom. The minimum absolute atomic E-state index is 0.190. The van der Waals surface area contributed by atoms with E-state index in [1.165, 1.54) is 40.8 Å². The molecule has 56 heavy (non-hydrogen) atoms. The van der Waals surface area contributed by atoms with Crippen molar-refractivity contribution in [1.29, 1.82) is 0 Å². The minimum Gasteiger partial charge on any atom is -0.493 e. The van der Waals surface area contributed by atoms with Crippen LogP contribution in [-0.2, 0) is 29.5 Å². The number of hydrogen-bond donors (Lipinski definition) is 4. The second kappa shape index (κ2) is 18.1. The van der Waals surface area contributed by atoms with Crippen molar-refractivity contribution in [1.82, 2.24) is 10.3 Å². The van der Waals surface area contributed by atoms with Gasteiger partial charge in [0.2, 0.25) is 0 Å². The van der Waals surface area contributed by atoms with Gasteiger partial charge in [0.25, 0.3) is 0 Å². The molecule has 1 aromatic heterocycles. The van der Waals surface area contributed by atoms with Crippen LogP contribution in [0.5, 0.6) is 5.75 Å². The molecule has 3 aromatic carbocycles. The highest BCUT2D eigenvalue weighted by Gasteiger charge is 2.54. The number of nitrogens with one attached hydrogen (secondary N) is 2. The van der Waals surface area contributed by atoms with E-state index in [-0.39, 0.29) is 5.41 Å². The summed E-state index contributed by atoms with van der Waals surface area (Å²) in [6.45, 7) is 6.59. The summed E-state index contributed by atoms with van der Waals surface area (Å²) >= 11 is 6.31. The first-order chi connectivity index (χ1) is 27.2. The number of aliphatic hydroxyl groups is 1. The molecule has 0 amide bonds. The van der Waals surface area contributed by atoms with Gasteiger partial charge in [-0.3, -0.25) is 4.98 Å². The number of nitrogens with zero attached hydrogens (tertiary/aromatic N) is 1. The van der Waals surface area contributed by atoms with Crippen LogP contribution in [0.15, 0.2) is 85.1 Å².